The Kier molecular flexibility index (Phi) is 18.1. The fourth-order valence-corrected chi connectivity index (χ4v) is 6.12. The molecule has 0 N–H and O–H groups in total. The fraction of sp³-hybridized carbons (Fsp3) is 1.00. The number of hydrogen-bond donors (Lipinski definition) is 0. The smallest absolute Gasteiger partial charge is 0.268 e. The Labute approximate surface area is 212 Å². The second-order valence-corrected chi connectivity index (χ2v) is 12.5. The van der Waals surface area contributed by atoms with Crippen molar-refractivity contribution < 1.29 is 23.0 Å². The lowest BCUT2D eigenvalue weighted by atomic mass is 9.94. The zero-order valence-electron chi connectivity index (χ0n) is 23.2. The summed E-state index contributed by atoms with van der Waals surface area (Å²) < 4.78 is 23.2. The second kappa shape index (κ2) is 19.2. The van der Waals surface area contributed by atoms with Gasteiger partial charge in [0.1, 0.15) is 13.2 Å². The van der Waals surface area contributed by atoms with Gasteiger partial charge in [0, 0.05) is 0 Å². The molecule has 1 aliphatic heterocycles. The van der Waals surface area contributed by atoms with Gasteiger partial charge in [-0.2, -0.15) is 0 Å². The van der Waals surface area contributed by atoms with Crippen molar-refractivity contribution in [1.82, 2.24) is 0 Å². The van der Waals surface area contributed by atoms with Gasteiger partial charge in [-0.05, 0) is 39.5 Å². The van der Waals surface area contributed by atoms with E-state index in [0.717, 1.165) is 30.3 Å². The summed E-state index contributed by atoms with van der Waals surface area (Å²) in [4.78, 5) is 12.1. The molecule has 1 heterocycles. The van der Waals surface area contributed by atoms with Gasteiger partial charge in [0.15, 0.2) is 0 Å². The van der Waals surface area contributed by atoms with Crippen LogP contribution in [0.5, 0.6) is 0 Å². The molecular weight excluding hydrogens is 445 g/mol. The first kappa shape index (κ1) is 32.1. The van der Waals surface area contributed by atoms with E-state index in [-0.39, 0.29) is 13.2 Å². The van der Waals surface area contributed by atoms with E-state index in [4.69, 9.17) is 9.05 Å². The topological polar surface area (TPSA) is 58.6 Å². The number of phosphoric ester groups is 1. The Hall–Kier alpha value is 0.0700. The molecule has 0 spiro atoms. The first-order valence-corrected chi connectivity index (χ1v) is 16.2. The lowest BCUT2D eigenvalue weighted by molar-refractivity contribution is -0.957. The Bertz CT molecular complexity index is 521. The molecule has 34 heavy (non-hydrogen) atoms. The number of unbranched alkanes of at least 4 members (excludes halogenated alkanes) is 15. The van der Waals surface area contributed by atoms with Gasteiger partial charge in [-0.15, -0.1) is 0 Å². The molecule has 1 fully saturated rings. The summed E-state index contributed by atoms with van der Waals surface area (Å²) in [5, 5.41) is 0. The molecule has 0 aromatic heterocycles. The molecule has 1 rings (SSSR count). The van der Waals surface area contributed by atoms with Gasteiger partial charge in [0.05, 0.1) is 25.7 Å². The average molecular weight is 504 g/mol. The molecule has 6 heteroatoms. The van der Waals surface area contributed by atoms with E-state index in [9.17, 15) is 9.46 Å². The van der Waals surface area contributed by atoms with E-state index in [1.54, 1.807) is 0 Å². The second-order valence-electron chi connectivity index (χ2n) is 11.1. The maximum Gasteiger partial charge on any atom is 0.268 e. The SMILES string of the molecule is CCCCCCCCCCCCCCCCCCOP(=O)([O-])OCC[N+]1(C)C(C)CCCC1C. The highest BCUT2D eigenvalue weighted by atomic mass is 31.2. The number of piperidine rings is 1. The van der Waals surface area contributed by atoms with E-state index in [0.29, 0.717) is 12.1 Å². The standard InChI is InChI=1S/C28H58NO4P/c1-5-6-7-8-9-10-11-12-13-14-15-16-17-18-19-20-25-32-34(30,31)33-26-24-29(4)27(2)22-21-23-28(29)3/h27-28H,5-26H2,1-4H3. The molecule has 204 valence electrons. The van der Waals surface area contributed by atoms with Crippen molar-refractivity contribution in [3.05, 3.63) is 0 Å². The van der Waals surface area contributed by atoms with Crippen molar-refractivity contribution in [1.29, 1.82) is 0 Å². The highest BCUT2D eigenvalue weighted by Gasteiger charge is 2.38. The van der Waals surface area contributed by atoms with Crippen molar-refractivity contribution in [2.75, 3.05) is 26.8 Å². The molecule has 1 saturated heterocycles. The maximum absolute atomic E-state index is 12.1. The number of likely N-dealkylation sites (N-methyl/N-ethyl adjacent to an activating group) is 1. The highest BCUT2D eigenvalue weighted by Crippen LogP contribution is 2.39. The first-order chi connectivity index (χ1) is 16.3. The maximum atomic E-state index is 12.1. The normalized spacial score (nSPS) is 24.9. The minimum Gasteiger partial charge on any atom is -0.756 e. The van der Waals surface area contributed by atoms with Crippen LogP contribution in [-0.4, -0.2) is 43.4 Å². The van der Waals surface area contributed by atoms with Crippen LogP contribution in [0.3, 0.4) is 0 Å². The fourth-order valence-electron chi connectivity index (χ4n) is 5.39. The monoisotopic (exact) mass is 503 g/mol. The Morgan fingerprint density at radius 2 is 1.09 bits per heavy atom. The molecule has 0 bridgehead atoms. The third-order valence-electron chi connectivity index (χ3n) is 8.33. The van der Waals surface area contributed by atoms with Crippen LogP contribution in [0.25, 0.3) is 0 Å². The third-order valence-corrected chi connectivity index (χ3v) is 9.33. The molecule has 0 aliphatic carbocycles. The van der Waals surface area contributed by atoms with Gasteiger partial charge in [0.2, 0.25) is 0 Å². The summed E-state index contributed by atoms with van der Waals surface area (Å²) in [6, 6.07) is 1.09. The van der Waals surface area contributed by atoms with Gasteiger partial charge >= 0.3 is 0 Å². The molecule has 3 unspecified atom stereocenters. The summed E-state index contributed by atoms with van der Waals surface area (Å²) in [6.45, 7) is 7.98. The predicted octanol–water partition coefficient (Wildman–Crippen LogP) is 8.16. The van der Waals surface area contributed by atoms with Crippen LogP contribution in [0, 0.1) is 0 Å². The summed E-state index contributed by atoms with van der Waals surface area (Å²) in [7, 11) is -1.95. The van der Waals surface area contributed by atoms with Gasteiger partial charge in [-0.3, -0.25) is 4.57 Å². The van der Waals surface area contributed by atoms with E-state index in [2.05, 4.69) is 27.8 Å². The summed E-state index contributed by atoms with van der Waals surface area (Å²) >= 11 is 0. The number of rotatable bonds is 22. The number of quaternary nitrogens is 1. The van der Waals surface area contributed by atoms with Crippen molar-refractivity contribution >= 4 is 7.82 Å². The number of likely N-dealkylation sites (tertiary alicyclic amines) is 1. The van der Waals surface area contributed by atoms with Crippen molar-refractivity contribution in [3.8, 4) is 0 Å². The quantitative estimate of drug-likeness (QED) is 0.0849. The largest absolute Gasteiger partial charge is 0.756 e. The molecule has 0 saturated carbocycles. The molecule has 0 aromatic carbocycles. The number of hydrogen-bond acceptors (Lipinski definition) is 4. The van der Waals surface area contributed by atoms with Crippen LogP contribution < -0.4 is 4.89 Å². The van der Waals surface area contributed by atoms with E-state index in [1.165, 1.54) is 103 Å². The van der Waals surface area contributed by atoms with Crippen LogP contribution in [-0.2, 0) is 13.6 Å². The lowest BCUT2D eigenvalue weighted by Crippen LogP contribution is -2.60. The summed E-state index contributed by atoms with van der Waals surface area (Å²) in [6.07, 6.45) is 24.5. The van der Waals surface area contributed by atoms with Gasteiger partial charge in [0.25, 0.3) is 7.82 Å². The van der Waals surface area contributed by atoms with Gasteiger partial charge in [-0.1, -0.05) is 103 Å². The molecule has 0 aromatic rings. The van der Waals surface area contributed by atoms with Crippen LogP contribution in [0.15, 0.2) is 0 Å². The number of phosphoric acid groups is 1. The summed E-state index contributed by atoms with van der Waals surface area (Å²) in [5.41, 5.74) is 0. The van der Waals surface area contributed by atoms with E-state index < -0.39 is 7.82 Å². The number of nitrogens with zero attached hydrogens (tertiary/aromatic N) is 1. The van der Waals surface area contributed by atoms with Gasteiger partial charge < -0.3 is 18.4 Å². The Balaban J connectivity index is 1.91. The Morgan fingerprint density at radius 3 is 1.53 bits per heavy atom. The van der Waals surface area contributed by atoms with Crippen LogP contribution in [0.4, 0.5) is 0 Å². The van der Waals surface area contributed by atoms with Crippen LogP contribution in [0.2, 0.25) is 0 Å². The van der Waals surface area contributed by atoms with E-state index >= 15 is 0 Å². The molecule has 0 amide bonds. The zero-order chi connectivity index (χ0) is 25.1. The molecular formula is C28H58NO4P. The zero-order valence-corrected chi connectivity index (χ0v) is 24.1. The predicted molar refractivity (Wildman–Crippen MR) is 143 cm³/mol. The van der Waals surface area contributed by atoms with Crippen molar-refractivity contribution in [3.63, 3.8) is 0 Å². The van der Waals surface area contributed by atoms with Crippen LogP contribution in [0.1, 0.15) is 143 Å². The third kappa shape index (κ3) is 14.6. The summed E-state index contributed by atoms with van der Waals surface area (Å²) in [5.74, 6) is 0. The minimum absolute atomic E-state index is 0.213. The minimum atomic E-state index is -4.18. The van der Waals surface area contributed by atoms with Crippen LogP contribution >= 0.6 is 7.82 Å². The average Bonchev–Trinajstić information content (AvgIpc) is 2.79. The Morgan fingerprint density at radius 1 is 0.706 bits per heavy atom. The molecule has 0 radical (unpaired) electrons. The molecule has 1 aliphatic rings. The van der Waals surface area contributed by atoms with Crippen molar-refractivity contribution in [2.45, 2.75) is 155 Å². The molecule has 5 nitrogen and oxygen atoms in total. The van der Waals surface area contributed by atoms with Crippen molar-refractivity contribution in [2.24, 2.45) is 0 Å². The molecule has 3 atom stereocenters. The first-order valence-electron chi connectivity index (χ1n) is 14.8. The van der Waals surface area contributed by atoms with E-state index in [1.807, 2.05) is 0 Å². The lowest BCUT2D eigenvalue weighted by Gasteiger charge is -2.48. The van der Waals surface area contributed by atoms with Gasteiger partial charge in [-0.25, -0.2) is 0 Å². The highest BCUT2D eigenvalue weighted by molar-refractivity contribution is 7.45.